The molecule has 7 nitrogen and oxygen atoms in total. The van der Waals surface area contributed by atoms with Crippen LogP contribution >= 0.6 is 0 Å². The lowest BCUT2D eigenvalue weighted by Gasteiger charge is -2.14. The summed E-state index contributed by atoms with van der Waals surface area (Å²) in [6.45, 7) is 0. The SMILES string of the molecule is Cn1ncc(C(=O)NC(C(=O)O)C2CC2)c1-n1cccc1. The largest absolute Gasteiger partial charge is 0.480 e. The fourth-order valence-corrected chi connectivity index (χ4v) is 2.40. The standard InChI is InChI=1S/C14H16N4O3/c1-17-13(18-6-2-3-7-18)10(8-15-17)12(19)16-11(14(20)21)9-4-5-9/h2-3,6-9,11H,4-5H2,1H3,(H,16,19)(H,20,21). The Morgan fingerprint density at radius 2 is 2.05 bits per heavy atom. The molecule has 1 amide bonds. The van der Waals surface area contributed by atoms with Crippen LogP contribution in [0.25, 0.3) is 5.82 Å². The number of carbonyl (C=O) groups excluding carboxylic acids is 1. The molecular formula is C14H16N4O3. The molecule has 0 spiro atoms. The van der Waals surface area contributed by atoms with Crippen LogP contribution in [0.1, 0.15) is 23.2 Å². The predicted octanol–water partition coefficient (Wildman–Crippen LogP) is 0.804. The predicted molar refractivity (Wildman–Crippen MR) is 74.1 cm³/mol. The van der Waals surface area contributed by atoms with Crippen LogP contribution in [-0.4, -0.2) is 37.4 Å². The monoisotopic (exact) mass is 288 g/mol. The molecule has 1 aliphatic carbocycles. The second kappa shape index (κ2) is 5.08. The minimum atomic E-state index is -0.989. The molecule has 0 bridgehead atoms. The Hall–Kier alpha value is -2.57. The van der Waals surface area contributed by atoms with Crippen molar-refractivity contribution in [3.63, 3.8) is 0 Å². The Labute approximate surface area is 121 Å². The number of hydrogen-bond acceptors (Lipinski definition) is 3. The van der Waals surface area contributed by atoms with Crippen LogP contribution < -0.4 is 5.32 Å². The number of carboxylic acids is 1. The van der Waals surface area contributed by atoms with Gasteiger partial charge >= 0.3 is 5.97 Å². The summed E-state index contributed by atoms with van der Waals surface area (Å²) in [5.41, 5.74) is 0.362. The highest BCUT2D eigenvalue weighted by molar-refractivity contribution is 5.99. The average molecular weight is 288 g/mol. The summed E-state index contributed by atoms with van der Waals surface area (Å²) in [5.74, 6) is -0.751. The molecule has 2 aromatic heterocycles. The zero-order valence-electron chi connectivity index (χ0n) is 11.6. The Bertz CT molecular complexity index is 670. The molecule has 0 aliphatic heterocycles. The van der Waals surface area contributed by atoms with Gasteiger partial charge in [0, 0.05) is 19.4 Å². The quantitative estimate of drug-likeness (QED) is 0.851. The third kappa shape index (κ3) is 2.54. The Kier molecular flexibility index (Phi) is 3.25. The van der Waals surface area contributed by atoms with Crippen molar-refractivity contribution in [2.45, 2.75) is 18.9 Å². The maximum Gasteiger partial charge on any atom is 0.326 e. The first kappa shape index (κ1) is 13.4. The summed E-state index contributed by atoms with van der Waals surface area (Å²) in [5, 5.41) is 15.9. The molecule has 0 radical (unpaired) electrons. The minimum Gasteiger partial charge on any atom is -0.480 e. The van der Waals surface area contributed by atoms with Crippen molar-refractivity contribution >= 4 is 11.9 Å². The molecule has 2 N–H and O–H groups in total. The number of nitrogens with one attached hydrogen (secondary N) is 1. The first-order valence-electron chi connectivity index (χ1n) is 6.77. The van der Waals surface area contributed by atoms with Gasteiger partial charge in [0.05, 0.1) is 6.20 Å². The number of carbonyl (C=O) groups is 2. The highest BCUT2D eigenvalue weighted by Gasteiger charge is 2.37. The van der Waals surface area contributed by atoms with Crippen LogP contribution in [-0.2, 0) is 11.8 Å². The lowest BCUT2D eigenvalue weighted by molar-refractivity contribution is -0.139. The van der Waals surface area contributed by atoms with Gasteiger partial charge in [-0.1, -0.05) is 0 Å². The second-order valence-corrected chi connectivity index (χ2v) is 5.22. The van der Waals surface area contributed by atoms with Crippen LogP contribution in [0.5, 0.6) is 0 Å². The van der Waals surface area contributed by atoms with E-state index < -0.39 is 17.9 Å². The van der Waals surface area contributed by atoms with Crippen LogP contribution in [0.3, 0.4) is 0 Å². The van der Waals surface area contributed by atoms with E-state index in [9.17, 15) is 14.7 Å². The molecule has 110 valence electrons. The van der Waals surface area contributed by atoms with Gasteiger partial charge < -0.3 is 15.0 Å². The number of rotatable bonds is 5. The van der Waals surface area contributed by atoms with E-state index in [1.54, 1.807) is 16.3 Å². The molecule has 2 heterocycles. The van der Waals surface area contributed by atoms with Crippen LogP contribution in [0.2, 0.25) is 0 Å². The van der Waals surface area contributed by atoms with E-state index in [1.165, 1.54) is 6.20 Å². The van der Waals surface area contributed by atoms with Crippen LogP contribution in [0, 0.1) is 5.92 Å². The van der Waals surface area contributed by atoms with Crippen molar-refractivity contribution in [3.8, 4) is 5.82 Å². The lowest BCUT2D eigenvalue weighted by Crippen LogP contribution is -2.42. The van der Waals surface area contributed by atoms with Gasteiger partial charge in [-0.05, 0) is 30.9 Å². The summed E-state index contributed by atoms with van der Waals surface area (Å²) >= 11 is 0. The molecule has 1 unspecified atom stereocenters. The van der Waals surface area contributed by atoms with Gasteiger partial charge in [-0.2, -0.15) is 5.10 Å². The summed E-state index contributed by atoms with van der Waals surface area (Å²) in [4.78, 5) is 23.6. The highest BCUT2D eigenvalue weighted by Crippen LogP contribution is 2.33. The fourth-order valence-electron chi connectivity index (χ4n) is 2.40. The smallest absolute Gasteiger partial charge is 0.326 e. The number of hydrogen-bond donors (Lipinski definition) is 2. The highest BCUT2D eigenvalue weighted by atomic mass is 16.4. The van der Waals surface area contributed by atoms with Crippen molar-refractivity contribution in [3.05, 3.63) is 36.3 Å². The van der Waals surface area contributed by atoms with Crippen molar-refractivity contribution in [1.82, 2.24) is 19.7 Å². The zero-order valence-corrected chi connectivity index (χ0v) is 11.6. The first-order chi connectivity index (χ1) is 10.1. The summed E-state index contributed by atoms with van der Waals surface area (Å²) in [6, 6.07) is 2.87. The topological polar surface area (TPSA) is 89.2 Å². The van der Waals surface area contributed by atoms with Gasteiger partial charge in [0.25, 0.3) is 5.91 Å². The maximum absolute atomic E-state index is 12.4. The second-order valence-electron chi connectivity index (χ2n) is 5.22. The molecule has 3 rings (SSSR count). The number of aryl methyl sites for hydroxylation is 1. The van der Waals surface area contributed by atoms with E-state index >= 15 is 0 Å². The van der Waals surface area contributed by atoms with Gasteiger partial charge in [0.15, 0.2) is 0 Å². The summed E-state index contributed by atoms with van der Waals surface area (Å²) in [7, 11) is 1.74. The number of aliphatic carboxylic acids is 1. The first-order valence-corrected chi connectivity index (χ1v) is 6.77. The molecule has 7 heteroatoms. The van der Waals surface area contributed by atoms with Gasteiger partial charge in [0.1, 0.15) is 17.4 Å². The van der Waals surface area contributed by atoms with Gasteiger partial charge in [0.2, 0.25) is 0 Å². The Morgan fingerprint density at radius 3 is 2.62 bits per heavy atom. The van der Waals surface area contributed by atoms with E-state index in [2.05, 4.69) is 10.4 Å². The molecule has 1 saturated carbocycles. The van der Waals surface area contributed by atoms with Gasteiger partial charge in [-0.25, -0.2) is 4.79 Å². The van der Waals surface area contributed by atoms with Crippen molar-refractivity contribution in [2.24, 2.45) is 13.0 Å². The summed E-state index contributed by atoms with van der Waals surface area (Å²) in [6.07, 6.45) is 6.76. The van der Waals surface area contributed by atoms with Gasteiger partial charge in [-0.15, -0.1) is 0 Å². The Balaban J connectivity index is 1.87. The van der Waals surface area contributed by atoms with Crippen molar-refractivity contribution in [2.75, 3.05) is 0 Å². The van der Waals surface area contributed by atoms with E-state index in [1.807, 2.05) is 24.5 Å². The molecule has 1 fully saturated rings. The fraction of sp³-hybridized carbons (Fsp3) is 0.357. The van der Waals surface area contributed by atoms with Gasteiger partial charge in [-0.3, -0.25) is 9.48 Å². The molecular weight excluding hydrogens is 272 g/mol. The molecule has 2 aromatic rings. The number of carboxylic acid groups (broad SMARTS) is 1. The minimum absolute atomic E-state index is 0.0400. The normalized spacial score (nSPS) is 15.7. The van der Waals surface area contributed by atoms with E-state index in [0.717, 1.165) is 12.8 Å². The number of amides is 1. The molecule has 1 aliphatic rings. The molecule has 21 heavy (non-hydrogen) atoms. The number of nitrogens with zero attached hydrogens (tertiary/aromatic N) is 3. The van der Waals surface area contributed by atoms with Crippen LogP contribution in [0.15, 0.2) is 30.7 Å². The van der Waals surface area contributed by atoms with E-state index in [4.69, 9.17) is 0 Å². The Morgan fingerprint density at radius 1 is 1.38 bits per heavy atom. The number of aromatic nitrogens is 3. The zero-order chi connectivity index (χ0) is 15.0. The van der Waals surface area contributed by atoms with Crippen molar-refractivity contribution < 1.29 is 14.7 Å². The summed E-state index contributed by atoms with van der Waals surface area (Å²) < 4.78 is 3.36. The third-order valence-corrected chi connectivity index (χ3v) is 3.65. The van der Waals surface area contributed by atoms with E-state index in [-0.39, 0.29) is 5.92 Å². The van der Waals surface area contributed by atoms with Crippen LogP contribution in [0.4, 0.5) is 0 Å². The van der Waals surface area contributed by atoms with E-state index in [0.29, 0.717) is 11.4 Å². The molecule has 0 saturated heterocycles. The third-order valence-electron chi connectivity index (χ3n) is 3.65. The average Bonchev–Trinajstić information content (AvgIpc) is 2.98. The lowest BCUT2D eigenvalue weighted by atomic mass is 10.1. The molecule has 1 atom stereocenters. The maximum atomic E-state index is 12.4. The molecule has 0 aromatic carbocycles. The van der Waals surface area contributed by atoms with Crippen molar-refractivity contribution in [1.29, 1.82) is 0 Å².